The fourth-order valence-corrected chi connectivity index (χ4v) is 4.24. The molecule has 0 spiro atoms. The molecule has 0 amide bonds. The summed E-state index contributed by atoms with van der Waals surface area (Å²) in [5.74, 6) is 0.573. The fraction of sp³-hybridized carbons (Fsp3) is 0.273. The van der Waals surface area contributed by atoms with Crippen LogP contribution >= 0.6 is 0 Å². The van der Waals surface area contributed by atoms with Crippen LogP contribution in [0.15, 0.2) is 54.9 Å². The van der Waals surface area contributed by atoms with Gasteiger partial charge in [0, 0.05) is 36.0 Å². The lowest BCUT2D eigenvalue weighted by molar-refractivity contribution is 0.453. The third kappa shape index (κ3) is 2.56. The van der Waals surface area contributed by atoms with E-state index in [1.165, 1.54) is 52.0 Å². The molecule has 3 aromatic rings. The summed E-state index contributed by atoms with van der Waals surface area (Å²) in [6.07, 6.45) is 7.21. The summed E-state index contributed by atoms with van der Waals surface area (Å²) in [6, 6.07) is 15.3. The molecule has 1 N–H and O–H groups in total. The first-order valence-corrected chi connectivity index (χ1v) is 9.13. The third-order valence-corrected chi connectivity index (χ3v) is 5.52. The largest absolute Gasteiger partial charge is 0.317 e. The van der Waals surface area contributed by atoms with E-state index in [4.69, 9.17) is 0 Å². The van der Waals surface area contributed by atoms with Gasteiger partial charge in [-0.2, -0.15) is 0 Å². The summed E-state index contributed by atoms with van der Waals surface area (Å²) in [6.45, 7) is 2.18. The van der Waals surface area contributed by atoms with Crippen molar-refractivity contribution >= 4 is 0 Å². The van der Waals surface area contributed by atoms with Crippen LogP contribution in [-0.4, -0.2) is 23.1 Å². The van der Waals surface area contributed by atoms with Gasteiger partial charge < -0.3 is 5.32 Å². The molecule has 25 heavy (non-hydrogen) atoms. The molecule has 0 bridgehead atoms. The standard InChI is InChI=1S/C22H21N3/c1-2-4-18-16(3-1)14-21-22(18)19(8-12-25-21)17-7-11-24-20(13-17)15-5-9-23-10-6-15/h1-4,7-8,11-13,15,23H,5-6,9-10,14H2. The Hall–Kier alpha value is -2.52. The molecule has 124 valence electrons. The van der Waals surface area contributed by atoms with Crippen molar-refractivity contribution in [2.24, 2.45) is 0 Å². The minimum Gasteiger partial charge on any atom is -0.317 e. The van der Waals surface area contributed by atoms with Crippen LogP contribution in [0.3, 0.4) is 0 Å². The van der Waals surface area contributed by atoms with E-state index < -0.39 is 0 Å². The molecule has 3 nitrogen and oxygen atoms in total. The predicted octanol–water partition coefficient (Wildman–Crippen LogP) is 4.18. The van der Waals surface area contributed by atoms with Crippen LogP contribution in [0.4, 0.5) is 0 Å². The molecule has 1 aliphatic heterocycles. The van der Waals surface area contributed by atoms with Crippen LogP contribution < -0.4 is 5.32 Å². The first-order valence-electron chi connectivity index (χ1n) is 9.13. The Morgan fingerprint density at radius 3 is 2.64 bits per heavy atom. The van der Waals surface area contributed by atoms with Crippen LogP contribution in [0, 0.1) is 0 Å². The third-order valence-electron chi connectivity index (χ3n) is 5.52. The predicted molar refractivity (Wildman–Crippen MR) is 101 cm³/mol. The van der Waals surface area contributed by atoms with E-state index in [0.717, 1.165) is 19.5 Å². The SMILES string of the molecule is c1ccc2c(c1)Cc1nccc(-c3ccnc(C4CCNCC4)c3)c1-2. The van der Waals surface area contributed by atoms with Crippen molar-refractivity contribution in [1.82, 2.24) is 15.3 Å². The maximum absolute atomic E-state index is 4.68. The maximum atomic E-state index is 4.68. The number of rotatable bonds is 2. The molecule has 0 unspecified atom stereocenters. The van der Waals surface area contributed by atoms with Crippen molar-refractivity contribution in [2.45, 2.75) is 25.2 Å². The Morgan fingerprint density at radius 2 is 1.72 bits per heavy atom. The number of aromatic nitrogens is 2. The van der Waals surface area contributed by atoms with Crippen molar-refractivity contribution in [2.75, 3.05) is 13.1 Å². The summed E-state index contributed by atoms with van der Waals surface area (Å²) in [7, 11) is 0. The minimum absolute atomic E-state index is 0.573. The molecule has 3 heterocycles. The number of hydrogen-bond donors (Lipinski definition) is 1. The van der Waals surface area contributed by atoms with Gasteiger partial charge in [-0.05, 0) is 66.4 Å². The smallest absolute Gasteiger partial charge is 0.0532 e. The number of fused-ring (bicyclic) bond motifs is 3. The molecule has 1 fully saturated rings. The second kappa shape index (κ2) is 6.08. The number of hydrogen-bond acceptors (Lipinski definition) is 3. The van der Waals surface area contributed by atoms with E-state index in [-0.39, 0.29) is 0 Å². The van der Waals surface area contributed by atoms with Gasteiger partial charge in [0.1, 0.15) is 0 Å². The van der Waals surface area contributed by atoms with E-state index >= 15 is 0 Å². The highest BCUT2D eigenvalue weighted by Gasteiger charge is 2.23. The number of benzene rings is 1. The first kappa shape index (κ1) is 14.8. The van der Waals surface area contributed by atoms with Gasteiger partial charge in [0.25, 0.3) is 0 Å². The lowest BCUT2D eigenvalue weighted by Crippen LogP contribution is -2.27. The van der Waals surface area contributed by atoms with Gasteiger partial charge in [0.15, 0.2) is 0 Å². The molecule has 5 rings (SSSR count). The van der Waals surface area contributed by atoms with Gasteiger partial charge >= 0.3 is 0 Å². The maximum Gasteiger partial charge on any atom is 0.0532 e. The molecular weight excluding hydrogens is 306 g/mol. The van der Waals surface area contributed by atoms with Gasteiger partial charge in [0.2, 0.25) is 0 Å². The number of piperidine rings is 1. The van der Waals surface area contributed by atoms with Gasteiger partial charge in [-0.1, -0.05) is 24.3 Å². The van der Waals surface area contributed by atoms with E-state index in [0.29, 0.717) is 5.92 Å². The van der Waals surface area contributed by atoms with Crippen molar-refractivity contribution in [3.05, 3.63) is 71.8 Å². The Kier molecular flexibility index (Phi) is 3.60. The van der Waals surface area contributed by atoms with Crippen molar-refractivity contribution in [1.29, 1.82) is 0 Å². The van der Waals surface area contributed by atoms with E-state index in [1.54, 1.807) is 0 Å². The van der Waals surface area contributed by atoms with Crippen LogP contribution in [0.2, 0.25) is 0 Å². The van der Waals surface area contributed by atoms with Gasteiger partial charge in [-0.25, -0.2) is 0 Å². The number of pyridine rings is 2. The molecule has 2 aliphatic rings. The average Bonchev–Trinajstić information content (AvgIpc) is 3.07. The van der Waals surface area contributed by atoms with E-state index in [1.807, 2.05) is 12.4 Å². The van der Waals surface area contributed by atoms with Crippen LogP contribution in [0.5, 0.6) is 0 Å². The molecule has 2 aromatic heterocycles. The van der Waals surface area contributed by atoms with Crippen molar-refractivity contribution in [3.63, 3.8) is 0 Å². The monoisotopic (exact) mass is 327 g/mol. The average molecular weight is 327 g/mol. The second-order valence-corrected chi connectivity index (χ2v) is 7.01. The highest BCUT2D eigenvalue weighted by molar-refractivity contribution is 5.89. The topological polar surface area (TPSA) is 37.8 Å². The Morgan fingerprint density at radius 1 is 0.880 bits per heavy atom. The molecular formula is C22H21N3. The quantitative estimate of drug-likeness (QED) is 0.600. The fourth-order valence-electron chi connectivity index (χ4n) is 4.24. The Labute approximate surface area is 148 Å². The van der Waals surface area contributed by atoms with Crippen LogP contribution in [-0.2, 0) is 6.42 Å². The summed E-state index contributed by atoms with van der Waals surface area (Å²) >= 11 is 0. The zero-order valence-corrected chi connectivity index (χ0v) is 14.2. The zero-order chi connectivity index (χ0) is 16.6. The van der Waals surface area contributed by atoms with Gasteiger partial charge in [0.05, 0.1) is 5.69 Å². The lowest BCUT2D eigenvalue weighted by atomic mass is 9.91. The van der Waals surface area contributed by atoms with Crippen molar-refractivity contribution < 1.29 is 0 Å². The molecule has 1 saturated heterocycles. The molecule has 0 radical (unpaired) electrons. The molecule has 1 aliphatic carbocycles. The van der Waals surface area contributed by atoms with Gasteiger partial charge in [-0.3, -0.25) is 9.97 Å². The normalized spacial score (nSPS) is 16.5. The Balaban J connectivity index is 1.61. The zero-order valence-electron chi connectivity index (χ0n) is 14.2. The summed E-state index contributed by atoms with van der Waals surface area (Å²) in [4.78, 5) is 9.33. The highest BCUT2D eigenvalue weighted by atomic mass is 14.9. The number of nitrogens with one attached hydrogen (secondary N) is 1. The van der Waals surface area contributed by atoms with Crippen LogP contribution in [0.25, 0.3) is 22.3 Å². The van der Waals surface area contributed by atoms with Gasteiger partial charge in [-0.15, -0.1) is 0 Å². The molecule has 3 heteroatoms. The molecule has 0 saturated carbocycles. The Bertz CT molecular complexity index is 926. The van der Waals surface area contributed by atoms with Crippen molar-refractivity contribution in [3.8, 4) is 22.3 Å². The van der Waals surface area contributed by atoms with E-state index in [9.17, 15) is 0 Å². The lowest BCUT2D eigenvalue weighted by Gasteiger charge is -2.22. The number of nitrogens with zero attached hydrogens (tertiary/aromatic N) is 2. The molecule has 1 aromatic carbocycles. The summed E-state index contributed by atoms with van der Waals surface area (Å²) in [5, 5.41) is 3.44. The second-order valence-electron chi connectivity index (χ2n) is 7.01. The minimum atomic E-state index is 0.573. The van der Waals surface area contributed by atoms with Crippen LogP contribution in [0.1, 0.15) is 35.7 Å². The molecule has 0 atom stereocenters. The highest BCUT2D eigenvalue weighted by Crippen LogP contribution is 2.42. The summed E-state index contributed by atoms with van der Waals surface area (Å²) in [5.41, 5.74) is 8.99. The summed E-state index contributed by atoms with van der Waals surface area (Å²) < 4.78 is 0. The first-order chi connectivity index (χ1) is 12.4. The van der Waals surface area contributed by atoms with E-state index in [2.05, 4.69) is 57.7 Å².